The lowest BCUT2D eigenvalue weighted by Gasteiger charge is -2.26. The van der Waals surface area contributed by atoms with Crippen molar-refractivity contribution in [2.24, 2.45) is 11.8 Å². The lowest BCUT2D eigenvalue weighted by atomic mass is 9.91. The van der Waals surface area contributed by atoms with Crippen LogP contribution in [0.5, 0.6) is 0 Å². The maximum absolute atomic E-state index is 3.52. The van der Waals surface area contributed by atoms with Crippen molar-refractivity contribution in [2.75, 3.05) is 0 Å². The maximum Gasteiger partial charge on any atom is 0.00691 e. The zero-order valence-electron chi connectivity index (χ0n) is 8.81. The summed E-state index contributed by atoms with van der Waals surface area (Å²) in [5.41, 5.74) is 0. The van der Waals surface area contributed by atoms with E-state index in [-0.39, 0.29) is 0 Å². The van der Waals surface area contributed by atoms with Crippen LogP contribution in [0, 0.1) is 11.8 Å². The van der Waals surface area contributed by atoms with Crippen LogP contribution < -0.4 is 5.32 Å². The van der Waals surface area contributed by atoms with Crippen LogP contribution in [0.2, 0.25) is 0 Å². The normalized spacial score (nSPS) is 17.5. The zero-order valence-corrected chi connectivity index (χ0v) is 8.81. The fraction of sp³-hybridized carbons (Fsp3) is 1.00. The monoisotopic (exact) mass is 157 g/mol. The van der Waals surface area contributed by atoms with Gasteiger partial charge in [0, 0.05) is 12.1 Å². The Hall–Kier alpha value is -0.0400. The van der Waals surface area contributed by atoms with Crippen LogP contribution in [0.4, 0.5) is 0 Å². The van der Waals surface area contributed by atoms with Gasteiger partial charge in [-0.05, 0) is 18.8 Å². The minimum absolute atomic E-state index is 0.603. The van der Waals surface area contributed by atoms with Gasteiger partial charge < -0.3 is 5.32 Å². The molecule has 0 rings (SSSR count). The Kier molecular flexibility index (Phi) is 4.74. The minimum atomic E-state index is 0.603. The van der Waals surface area contributed by atoms with E-state index in [1.165, 1.54) is 0 Å². The highest BCUT2D eigenvalue weighted by molar-refractivity contribution is 4.72. The van der Waals surface area contributed by atoms with E-state index in [1.807, 2.05) is 0 Å². The molecule has 0 spiro atoms. The molecule has 2 unspecified atom stereocenters. The van der Waals surface area contributed by atoms with E-state index < -0.39 is 0 Å². The summed E-state index contributed by atoms with van der Waals surface area (Å²) in [5, 5.41) is 3.52. The van der Waals surface area contributed by atoms with Gasteiger partial charge in [-0.2, -0.15) is 0 Å². The molecule has 0 aliphatic heterocycles. The number of nitrogens with one attached hydrogen (secondary N) is 1. The zero-order chi connectivity index (χ0) is 9.02. The Morgan fingerprint density at radius 3 is 1.55 bits per heavy atom. The van der Waals surface area contributed by atoms with Crippen molar-refractivity contribution in [3.05, 3.63) is 0 Å². The Bertz CT molecular complexity index is 97.0. The molecule has 0 aliphatic carbocycles. The summed E-state index contributed by atoms with van der Waals surface area (Å²) < 4.78 is 0. The summed E-state index contributed by atoms with van der Waals surface area (Å²) in [6.07, 6.45) is 0. The molecule has 0 saturated heterocycles. The standard InChI is InChI=1S/C10H23N/c1-7(2)9(5)10(6)11-8(3)4/h7-11H,1-6H3. The highest BCUT2D eigenvalue weighted by atomic mass is 14.9. The lowest BCUT2D eigenvalue weighted by molar-refractivity contribution is 0.301. The van der Waals surface area contributed by atoms with E-state index in [2.05, 4.69) is 46.9 Å². The first-order chi connectivity index (χ1) is 4.95. The SMILES string of the molecule is CC(C)NC(C)C(C)C(C)C. The molecule has 1 heteroatoms. The highest BCUT2D eigenvalue weighted by Gasteiger charge is 2.15. The molecular formula is C10H23N. The fourth-order valence-corrected chi connectivity index (χ4v) is 1.25. The van der Waals surface area contributed by atoms with Crippen LogP contribution in [0.3, 0.4) is 0 Å². The van der Waals surface area contributed by atoms with Crippen molar-refractivity contribution in [2.45, 2.75) is 53.6 Å². The Labute approximate surface area is 71.6 Å². The van der Waals surface area contributed by atoms with Crippen LogP contribution in [-0.2, 0) is 0 Å². The molecule has 0 saturated carbocycles. The predicted octanol–water partition coefficient (Wildman–Crippen LogP) is 2.67. The maximum atomic E-state index is 3.52. The van der Waals surface area contributed by atoms with E-state index in [4.69, 9.17) is 0 Å². The van der Waals surface area contributed by atoms with Gasteiger partial charge in [0.1, 0.15) is 0 Å². The highest BCUT2D eigenvalue weighted by Crippen LogP contribution is 2.14. The van der Waals surface area contributed by atoms with Gasteiger partial charge in [-0.25, -0.2) is 0 Å². The van der Waals surface area contributed by atoms with Crippen molar-refractivity contribution >= 4 is 0 Å². The molecule has 1 N–H and O–H groups in total. The van der Waals surface area contributed by atoms with Crippen molar-refractivity contribution in [1.29, 1.82) is 0 Å². The summed E-state index contributed by atoms with van der Waals surface area (Å²) >= 11 is 0. The Morgan fingerprint density at radius 1 is 0.818 bits per heavy atom. The molecule has 2 atom stereocenters. The molecule has 0 bridgehead atoms. The topological polar surface area (TPSA) is 12.0 Å². The summed E-state index contributed by atoms with van der Waals surface area (Å²) in [7, 11) is 0. The Balaban J connectivity index is 3.73. The third-order valence-electron chi connectivity index (χ3n) is 2.44. The molecular weight excluding hydrogens is 134 g/mol. The smallest absolute Gasteiger partial charge is 0.00691 e. The summed E-state index contributed by atoms with van der Waals surface area (Å²) in [4.78, 5) is 0. The number of hydrogen-bond donors (Lipinski definition) is 1. The van der Waals surface area contributed by atoms with E-state index in [0.29, 0.717) is 12.1 Å². The Morgan fingerprint density at radius 2 is 1.27 bits per heavy atom. The van der Waals surface area contributed by atoms with Crippen LogP contribution in [0.1, 0.15) is 41.5 Å². The molecule has 0 aromatic rings. The minimum Gasteiger partial charge on any atom is -0.312 e. The van der Waals surface area contributed by atoms with Crippen LogP contribution in [-0.4, -0.2) is 12.1 Å². The molecule has 0 amide bonds. The quantitative estimate of drug-likeness (QED) is 0.661. The van der Waals surface area contributed by atoms with Crippen LogP contribution >= 0.6 is 0 Å². The van der Waals surface area contributed by atoms with Crippen LogP contribution in [0.15, 0.2) is 0 Å². The van der Waals surface area contributed by atoms with E-state index in [1.54, 1.807) is 0 Å². The van der Waals surface area contributed by atoms with Crippen molar-refractivity contribution in [1.82, 2.24) is 5.32 Å². The molecule has 0 aromatic heterocycles. The van der Waals surface area contributed by atoms with Gasteiger partial charge in [0.05, 0.1) is 0 Å². The summed E-state index contributed by atoms with van der Waals surface area (Å²) in [5.74, 6) is 1.54. The van der Waals surface area contributed by atoms with Gasteiger partial charge in [0.25, 0.3) is 0 Å². The molecule has 0 fully saturated rings. The summed E-state index contributed by atoms with van der Waals surface area (Å²) in [6.45, 7) is 13.5. The largest absolute Gasteiger partial charge is 0.312 e. The third-order valence-corrected chi connectivity index (χ3v) is 2.44. The van der Waals surface area contributed by atoms with Crippen molar-refractivity contribution < 1.29 is 0 Å². The lowest BCUT2D eigenvalue weighted by Crippen LogP contribution is -2.38. The van der Waals surface area contributed by atoms with Gasteiger partial charge in [0.2, 0.25) is 0 Å². The molecule has 0 heterocycles. The first kappa shape index (κ1) is 11.0. The van der Waals surface area contributed by atoms with Gasteiger partial charge in [-0.15, -0.1) is 0 Å². The van der Waals surface area contributed by atoms with Gasteiger partial charge in [0.15, 0.2) is 0 Å². The third kappa shape index (κ3) is 4.41. The van der Waals surface area contributed by atoms with Gasteiger partial charge in [-0.3, -0.25) is 0 Å². The van der Waals surface area contributed by atoms with Crippen LogP contribution in [0.25, 0.3) is 0 Å². The van der Waals surface area contributed by atoms with Crippen molar-refractivity contribution in [3.63, 3.8) is 0 Å². The van der Waals surface area contributed by atoms with Crippen molar-refractivity contribution in [3.8, 4) is 0 Å². The predicted molar refractivity (Wildman–Crippen MR) is 51.7 cm³/mol. The molecule has 0 radical (unpaired) electrons. The first-order valence-corrected chi connectivity index (χ1v) is 4.71. The molecule has 0 aromatic carbocycles. The van der Waals surface area contributed by atoms with E-state index in [0.717, 1.165) is 11.8 Å². The van der Waals surface area contributed by atoms with Gasteiger partial charge in [-0.1, -0.05) is 34.6 Å². The second-order valence-electron chi connectivity index (χ2n) is 4.21. The van der Waals surface area contributed by atoms with Gasteiger partial charge >= 0.3 is 0 Å². The first-order valence-electron chi connectivity index (χ1n) is 4.71. The number of rotatable bonds is 4. The average molecular weight is 157 g/mol. The van der Waals surface area contributed by atoms with E-state index >= 15 is 0 Å². The van der Waals surface area contributed by atoms with E-state index in [9.17, 15) is 0 Å². The average Bonchev–Trinajstić information content (AvgIpc) is 1.84. The molecule has 68 valence electrons. The molecule has 0 aliphatic rings. The summed E-state index contributed by atoms with van der Waals surface area (Å²) in [6, 6.07) is 1.24. The fourth-order valence-electron chi connectivity index (χ4n) is 1.25. The second-order valence-corrected chi connectivity index (χ2v) is 4.21. The molecule has 11 heavy (non-hydrogen) atoms. The molecule has 1 nitrogen and oxygen atoms in total. The number of hydrogen-bond acceptors (Lipinski definition) is 1. The second kappa shape index (κ2) is 4.76.